The summed E-state index contributed by atoms with van der Waals surface area (Å²) in [6.07, 6.45) is 5.45. The van der Waals surface area contributed by atoms with Crippen LogP contribution in [0.2, 0.25) is 5.02 Å². The van der Waals surface area contributed by atoms with Crippen LogP contribution in [0.3, 0.4) is 0 Å². The molecule has 0 spiro atoms. The van der Waals surface area contributed by atoms with Crippen LogP contribution in [-0.2, 0) is 13.2 Å². The maximum absolute atomic E-state index is 12.3. The molecule has 0 bridgehead atoms. The standard InChI is InChI=1S/C23H25ClN2O2/c1-16-11-18(13-26-10-9-25-15-26)12-20(24)21(16)28-14-17-5-7-19(8-6-17)22(27)23(2,3)4/h5-12,15H,13-14H2,1-4H3. The molecule has 0 saturated carbocycles. The molecule has 0 atom stereocenters. The molecule has 0 radical (unpaired) electrons. The lowest BCUT2D eigenvalue weighted by atomic mass is 9.86. The monoisotopic (exact) mass is 396 g/mol. The number of halogens is 1. The highest BCUT2D eigenvalue weighted by molar-refractivity contribution is 6.32. The van der Waals surface area contributed by atoms with E-state index < -0.39 is 0 Å². The number of Topliss-reactive ketones (excluding diaryl/α,β-unsaturated/α-hetero) is 1. The summed E-state index contributed by atoms with van der Waals surface area (Å²) in [5.74, 6) is 0.818. The highest BCUT2D eigenvalue weighted by atomic mass is 35.5. The summed E-state index contributed by atoms with van der Waals surface area (Å²) in [5, 5.41) is 0.592. The van der Waals surface area contributed by atoms with Gasteiger partial charge in [0.25, 0.3) is 0 Å². The first-order valence-corrected chi connectivity index (χ1v) is 9.63. The topological polar surface area (TPSA) is 44.1 Å². The van der Waals surface area contributed by atoms with Crippen LogP contribution in [0.5, 0.6) is 5.75 Å². The second-order valence-electron chi connectivity index (χ2n) is 8.02. The SMILES string of the molecule is Cc1cc(Cn2ccnc2)cc(Cl)c1OCc1ccc(C(=O)C(C)(C)C)cc1. The zero-order chi connectivity index (χ0) is 20.3. The predicted octanol–water partition coefficient (Wildman–Crippen LogP) is 5.70. The predicted molar refractivity (Wildman–Crippen MR) is 112 cm³/mol. The number of benzene rings is 2. The van der Waals surface area contributed by atoms with Gasteiger partial charge in [0.1, 0.15) is 12.4 Å². The van der Waals surface area contributed by atoms with Crippen molar-refractivity contribution < 1.29 is 9.53 Å². The maximum Gasteiger partial charge on any atom is 0.168 e. The van der Waals surface area contributed by atoms with Crippen molar-refractivity contribution in [1.82, 2.24) is 9.55 Å². The van der Waals surface area contributed by atoms with Crippen LogP contribution in [0.15, 0.2) is 55.1 Å². The summed E-state index contributed by atoms with van der Waals surface area (Å²) >= 11 is 6.46. The third-order valence-electron chi connectivity index (χ3n) is 4.49. The van der Waals surface area contributed by atoms with Gasteiger partial charge in [0, 0.05) is 29.9 Å². The van der Waals surface area contributed by atoms with E-state index in [0.29, 0.717) is 29.5 Å². The smallest absolute Gasteiger partial charge is 0.168 e. The number of rotatable bonds is 6. The number of imidazole rings is 1. The fourth-order valence-corrected chi connectivity index (χ4v) is 3.35. The van der Waals surface area contributed by atoms with Crippen molar-refractivity contribution in [3.05, 3.63) is 82.4 Å². The van der Waals surface area contributed by atoms with Crippen LogP contribution in [0.1, 0.15) is 47.8 Å². The molecule has 0 N–H and O–H groups in total. The number of carbonyl (C=O) groups is 1. The zero-order valence-corrected chi connectivity index (χ0v) is 17.5. The first-order chi connectivity index (χ1) is 13.2. The number of aromatic nitrogens is 2. The number of nitrogens with zero attached hydrogens (tertiary/aromatic N) is 2. The fraction of sp³-hybridized carbons (Fsp3) is 0.304. The number of ether oxygens (including phenoxy) is 1. The Morgan fingerprint density at radius 2 is 1.86 bits per heavy atom. The Kier molecular flexibility index (Phi) is 5.90. The molecule has 0 saturated heterocycles. The summed E-state index contributed by atoms with van der Waals surface area (Å²) in [6.45, 7) is 8.87. The quantitative estimate of drug-likeness (QED) is 0.502. The Balaban J connectivity index is 1.68. The van der Waals surface area contributed by atoms with Crippen LogP contribution in [0.4, 0.5) is 0 Å². The lowest BCUT2D eigenvalue weighted by Crippen LogP contribution is -2.20. The molecule has 28 heavy (non-hydrogen) atoms. The average Bonchev–Trinajstić information content (AvgIpc) is 3.13. The van der Waals surface area contributed by atoms with Gasteiger partial charge in [-0.15, -0.1) is 0 Å². The van der Waals surface area contributed by atoms with Crippen molar-refractivity contribution in [2.45, 2.75) is 40.8 Å². The number of hydrogen-bond donors (Lipinski definition) is 0. The Hall–Kier alpha value is -2.59. The van der Waals surface area contributed by atoms with Gasteiger partial charge in [0.2, 0.25) is 0 Å². The van der Waals surface area contributed by atoms with E-state index in [2.05, 4.69) is 11.1 Å². The van der Waals surface area contributed by atoms with E-state index >= 15 is 0 Å². The Labute approximate surface area is 171 Å². The third kappa shape index (κ3) is 4.82. The molecule has 0 aliphatic rings. The highest BCUT2D eigenvalue weighted by Gasteiger charge is 2.22. The first kappa shape index (κ1) is 20.2. The van der Waals surface area contributed by atoms with Crippen LogP contribution in [0.25, 0.3) is 0 Å². The molecule has 3 aromatic rings. The summed E-state index contributed by atoms with van der Waals surface area (Å²) in [4.78, 5) is 16.4. The van der Waals surface area contributed by atoms with Gasteiger partial charge >= 0.3 is 0 Å². The average molecular weight is 397 g/mol. The van der Waals surface area contributed by atoms with E-state index in [-0.39, 0.29) is 11.2 Å². The fourth-order valence-electron chi connectivity index (χ4n) is 3.01. The normalized spacial score (nSPS) is 11.5. The summed E-state index contributed by atoms with van der Waals surface area (Å²) in [5.41, 5.74) is 3.40. The lowest BCUT2D eigenvalue weighted by Gasteiger charge is -2.17. The van der Waals surface area contributed by atoms with E-state index in [9.17, 15) is 4.79 Å². The van der Waals surface area contributed by atoms with Crippen LogP contribution in [0, 0.1) is 12.3 Å². The Morgan fingerprint density at radius 3 is 2.43 bits per heavy atom. The molecular formula is C23H25ClN2O2. The van der Waals surface area contributed by atoms with Crippen LogP contribution >= 0.6 is 11.6 Å². The molecule has 1 heterocycles. The summed E-state index contributed by atoms with van der Waals surface area (Å²) in [6, 6.07) is 11.6. The van der Waals surface area contributed by atoms with Gasteiger partial charge in [-0.05, 0) is 29.7 Å². The molecule has 2 aromatic carbocycles. The van der Waals surface area contributed by atoms with E-state index in [1.807, 2.05) is 68.8 Å². The summed E-state index contributed by atoms with van der Waals surface area (Å²) < 4.78 is 7.97. The number of hydrogen-bond acceptors (Lipinski definition) is 3. The van der Waals surface area contributed by atoms with Gasteiger partial charge in [0.15, 0.2) is 5.78 Å². The molecule has 5 heteroatoms. The third-order valence-corrected chi connectivity index (χ3v) is 4.77. The molecule has 0 aliphatic heterocycles. The maximum atomic E-state index is 12.3. The van der Waals surface area contributed by atoms with Gasteiger partial charge in [-0.25, -0.2) is 4.98 Å². The second-order valence-corrected chi connectivity index (χ2v) is 8.43. The van der Waals surface area contributed by atoms with Crippen molar-refractivity contribution in [2.75, 3.05) is 0 Å². The van der Waals surface area contributed by atoms with Crippen molar-refractivity contribution in [3.63, 3.8) is 0 Å². The highest BCUT2D eigenvalue weighted by Crippen LogP contribution is 2.31. The molecule has 4 nitrogen and oxygen atoms in total. The van der Waals surface area contributed by atoms with Gasteiger partial charge in [0.05, 0.1) is 11.3 Å². The van der Waals surface area contributed by atoms with Gasteiger partial charge < -0.3 is 9.30 Å². The van der Waals surface area contributed by atoms with Crippen LogP contribution < -0.4 is 4.74 Å². The van der Waals surface area contributed by atoms with E-state index in [4.69, 9.17) is 16.3 Å². The minimum Gasteiger partial charge on any atom is -0.487 e. The number of aryl methyl sites for hydroxylation is 1. The Morgan fingerprint density at radius 1 is 1.14 bits per heavy atom. The molecular weight excluding hydrogens is 372 g/mol. The molecule has 0 unspecified atom stereocenters. The first-order valence-electron chi connectivity index (χ1n) is 9.25. The Bertz CT molecular complexity index is 932. The van der Waals surface area contributed by atoms with E-state index in [1.165, 1.54) is 0 Å². The van der Waals surface area contributed by atoms with Crippen molar-refractivity contribution in [1.29, 1.82) is 0 Å². The zero-order valence-electron chi connectivity index (χ0n) is 16.7. The van der Waals surface area contributed by atoms with Crippen molar-refractivity contribution in [2.24, 2.45) is 5.41 Å². The van der Waals surface area contributed by atoms with Gasteiger partial charge in [-0.2, -0.15) is 0 Å². The number of ketones is 1. The number of carbonyl (C=O) groups excluding carboxylic acids is 1. The molecule has 0 amide bonds. The van der Waals surface area contributed by atoms with E-state index in [0.717, 1.165) is 16.7 Å². The lowest BCUT2D eigenvalue weighted by molar-refractivity contribution is 0.0858. The molecule has 3 rings (SSSR count). The molecule has 1 aromatic heterocycles. The van der Waals surface area contributed by atoms with Gasteiger partial charge in [-0.3, -0.25) is 4.79 Å². The van der Waals surface area contributed by atoms with Crippen molar-refractivity contribution in [3.8, 4) is 5.75 Å². The second kappa shape index (κ2) is 8.19. The molecule has 0 fully saturated rings. The minimum atomic E-state index is -0.388. The van der Waals surface area contributed by atoms with E-state index in [1.54, 1.807) is 12.5 Å². The molecule has 146 valence electrons. The largest absolute Gasteiger partial charge is 0.487 e. The van der Waals surface area contributed by atoms with Crippen LogP contribution in [-0.4, -0.2) is 15.3 Å². The molecule has 0 aliphatic carbocycles. The summed E-state index contributed by atoms with van der Waals surface area (Å²) in [7, 11) is 0. The van der Waals surface area contributed by atoms with Crippen molar-refractivity contribution >= 4 is 17.4 Å². The minimum absolute atomic E-state index is 0.132. The van der Waals surface area contributed by atoms with Gasteiger partial charge in [-0.1, -0.05) is 62.7 Å².